The molecule has 0 spiro atoms. The van der Waals surface area contributed by atoms with E-state index in [-0.39, 0.29) is 23.6 Å². The number of aromatic nitrogens is 2. The number of ether oxygens (including phenoxy) is 2. The third-order valence-corrected chi connectivity index (χ3v) is 6.90. The molecule has 2 aromatic rings. The highest BCUT2D eigenvalue weighted by molar-refractivity contribution is 6.33. The topological polar surface area (TPSA) is 131 Å². The molecule has 1 unspecified atom stereocenters. The molecule has 1 aliphatic heterocycles. The van der Waals surface area contributed by atoms with Gasteiger partial charge >= 0.3 is 12.2 Å². The first-order valence-electron chi connectivity index (χ1n) is 14.2. The van der Waals surface area contributed by atoms with Gasteiger partial charge in [0.15, 0.2) is 5.82 Å². The van der Waals surface area contributed by atoms with Gasteiger partial charge in [0.05, 0.1) is 17.2 Å². The molecule has 1 aliphatic rings. The van der Waals surface area contributed by atoms with Crippen molar-refractivity contribution in [3.05, 3.63) is 56.4 Å². The molecule has 43 heavy (non-hydrogen) atoms. The van der Waals surface area contributed by atoms with E-state index in [1.165, 1.54) is 23.2 Å². The zero-order valence-corrected chi connectivity index (χ0v) is 27.0. The molecule has 12 nitrogen and oxygen atoms in total. The van der Waals surface area contributed by atoms with Crippen molar-refractivity contribution < 1.29 is 24.0 Å². The molecule has 2 amide bonds. The molecule has 0 N–H and O–H groups in total. The number of nitro benzene ring substituents is 1. The standard InChI is InChI=1S/C29H40Cl2N6O6/c1-28(2,3)42-26(38)35(18-20-10-9-11-21(16-20)37(40)41)13-7-8-14-36(27(39)43-29(4,5)6)22-12-15-34(19-22)24-23(30)17-32-25(31)33-24/h9-11,16-17,22H,7-8,12-15,18-19H2,1-6H3. The number of non-ortho nitro benzene ring substituents is 1. The number of hydrogen-bond acceptors (Lipinski definition) is 9. The van der Waals surface area contributed by atoms with E-state index in [2.05, 4.69) is 9.97 Å². The van der Waals surface area contributed by atoms with Gasteiger partial charge in [-0.3, -0.25) is 10.1 Å². The number of carbonyl (C=O) groups is 2. The number of carbonyl (C=O) groups excluding carboxylic acids is 2. The second kappa shape index (κ2) is 14.4. The first kappa shape index (κ1) is 34.1. The van der Waals surface area contributed by atoms with Crippen LogP contribution >= 0.6 is 23.2 Å². The number of hydrogen-bond donors (Lipinski definition) is 0. The molecule has 0 radical (unpaired) electrons. The number of rotatable bonds is 10. The van der Waals surface area contributed by atoms with Crippen LogP contribution in [-0.2, 0) is 16.0 Å². The molecule has 0 saturated carbocycles. The Balaban J connectivity index is 1.70. The van der Waals surface area contributed by atoms with E-state index < -0.39 is 28.3 Å². The number of nitro groups is 1. The fraction of sp³-hybridized carbons (Fsp3) is 0.586. The van der Waals surface area contributed by atoms with Crippen molar-refractivity contribution in [2.24, 2.45) is 0 Å². The average molecular weight is 640 g/mol. The summed E-state index contributed by atoms with van der Waals surface area (Å²) in [6, 6.07) is 6.02. The Bertz CT molecular complexity index is 1300. The van der Waals surface area contributed by atoms with Crippen molar-refractivity contribution in [1.82, 2.24) is 19.8 Å². The lowest BCUT2D eigenvalue weighted by atomic mass is 10.1. The molecule has 1 aromatic carbocycles. The van der Waals surface area contributed by atoms with Gasteiger partial charge in [0.1, 0.15) is 16.2 Å². The van der Waals surface area contributed by atoms with Gasteiger partial charge in [-0.25, -0.2) is 14.6 Å². The number of benzene rings is 1. The maximum atomic E-state index is 13.3. The third kappa shape index (κ3) is 10.7. The lowest BCUT2D eigenvalue weighted by Crippen LogP contribution is -2.45. The Labute approximate surface area is 262 Å². The summed E-state index contributed by atoms with van der Waals surface area (Å²) in [6.45, 7) is 12.8. The van der Waals surface area contributed by atoms with Crippen LogP contribution in [-0.4, -0.2) is 80.3 Å². The van der Waals surface area contributed by atoms with Crippen LogP contribution < -0.4 is 4.90 Å². The van der Waals surface area contributed by atoms with Crippen LogP contribution in [0.15, 0.2) is 30.5 Å². The smallest absolute Gasteiger partial charge is 0.410 e. The minimum Gasteiger partial charge on any atom is -0.444 e. The predicted molar refractivity (Wildman–Crippen MR) is 165 cm³/mol. The highest BCUT2D eigenvalue weighted by Gasteiger charge is 2.34. The Morgan fingerprint density at radius 3 is 2.37 bits per heavy atom. The lowest BCUT2D eigenvalue weighted by Gasteiger charge is -2.32. The summed E-state index contributed by atoms with van der Waals surface area (Å²) in [6.07, 6.45) is 2.31. The number of halogens is 2. The van der Waals surface area contributed by atoms with Gasteiger partial charge in [-0.15, -0.1) is 0 Å². The molecule has 1 fully saturated rings. The van der Waals surface area contributed by atoms with Crippen LogP contribution in [0.2, 0.25) is 10.3 Å². The summed E-state index contributed by atoms with van der Waals surface area (Å²) < 4.78 is 11.3. The first-order chi connectivity index (χ1) is 20.0. The highest BCUT2D eigenvalue weighted by atomic mass is 35.5. The fourth-order valence-corrected chi connectivity index (χ4v) is 4.97. The Morgan fingerprint density at radius 2 is 1.72 bits per heavy atom. The van der Waals surface area contributed by atoms with Crippen LogP contribution in [0.1, 0.15) is 66.4 Å². The zero-order valence-electron chi connectivity index (χ0n) is 25.5. The van der Waals surface area contributed by atoms with Crippen LogP contribution in [0.3, 0.4) is 0 Å². The van der Waals surface area contributed by atoms with Gasteiger partial charge in [-0.1, -0.05) is 23.7 Å². The van der Waals surface area contributed by atoms with E-state index in [1.54, 1.807) is 37.8 Å². The molecule has 1 atom stereocenters. The normalized spacial score (nSPS) is 15.3. The quantitative estimate of drug-likeness (QED) is 0.120. The van der Waals surface area contributed by atoms with Crippen LogP contribution in [0, 0.1) is 10.1 Å². The molecule has 236 valence electrons. The highest BCUT2D eigenvalue weighted by Crippen LogP contribution is 2.29. The number of amides is 2. The van der Waals surface area contributed by atoms with Crippen LogP contribution in [0.25, 0.3) is 0 Å². The van der Waals surface area contributed by atoms with E-state index >= 15 is 0 Å². The van der Waals surface area contributed by atoms with Gasteiger partial charge < -0.3 is 24.2 Å². The van der Waals surface area contributed by atoms with Gasteiger partial charge in [0.25, 0.3) is 5.69 Å². The third-order valence-electron chi connectivity index (χ3n) is 6.45. The van der Waals surface area contributed by atoms with Crippen molar-refractivity contribution in [3.8, 4) is 0 Å². The summed E-state index contributed by atoms with van der Waals surface area (Å²) in [5.41, 5.74) is -0.824. The van der Waals surface area contributed by atoms with Crippen molar-refractivity contribution >= 4 is 46.9 Å². The van der Waals surface area contributed by atoms with E-state index in [0.29, 0.717) is 61.8 Å². The Hall–Kier alpha value is -3.38. The van der Waals surface area contributed by atoms with Crippen molar-refractivity contribution in [2.45, 2.75) is 84.6 Å². The van der Waals surface area contributed by atoms with Crippen LogP contribution in [0.4, 0.5) is 21.1 Å². The molecule has 0 bridgehead atoms. The van der Waals surface area contributed by atoms with Crippen LogP contribution in [0.5, 0.6) is 0 Å². The van der Waals surface area contributed by atoms with E-state index in [0.717, 1.165) is 0 Å². The second-order valence-electron chi connectivity index (χ2n) is 12.4. The van der Waals surface area contributed by atoms with Gasteiger partial charge in [-0.05, 0) is 78.0 Å². The maximum Gasteiger partial charge on any atom is 0.410 e. The lowest BCUT2D eigenvalue weighted by molar-refractivity contribution is -0.384. The average Bonchev–Trinajstić information content (AvgIpc) is 3.37. The van der Waals surface area contributed by atoms with Gasteiger partial charge in [0, 0.05) is 44.9 Å². The molecule has 1 saturated heterocycles. The minimum atomic E-state index is -0.712. The predicted octanol–water partition coefficient (Wildman–Crippen LogP) is 6.72. The fourth-order valence-electron chi connectivity index (χ4n) is 4.63. The minimum absolute atomic E-state index is 0.0502. The monoisotopic (exact) mass is 638 g/mol. The summed E-state index contributed by atoms with van der Waals surface area (Å²) in [5.74, 6) is 0.516. The summed E-state index contributed by atoms with van der Waals surface area (Å²) in [5, 5.41) is 11.7. The molecule has 2 heterocycles. The van der Waals surface area contributed by atoms with Crippen molar-refractivity contribution in [1.29, 1.82) is 0 Å². The largest absolute Gasteiger partial charge is 0.444 e. The number of nitrogens with zero attached hydrogens (tertiary/aromatic N) is 6. The zero-order chi connectivity index (χ0) is 31.9. The maximum absolute atomic E-state index is 13.3. The number of anilines is 1. The first-order valence-corrected chi connectivity index (χ1v) is 14.9. The van der Waals surface area contributed by atoms with E-state index in [4.69, 9.17) is 32.7 Å². The molecular weight excluding hydrogens is 599 g/mol. The molecular formula is C29H40Cl2N6O6. The molecule has 1 aromatic heterocycles. The SMILES string of the molecule is CC(C)(C)OC(=O)N(CCCCN(C(=O)OC(C)(C)C)C1CCN(c2nc(Cl)ncc2Cl)C1)Cc1cccc([N+](=O)[O-])c1. The Morgan fingerprint density at radius 1 is 1.07 bits per heavy atom. The molecule has 14 heteroatoms. The molecule has 3 rings (SSSR count). The number of unbranched alkanes of at least 4 members (excludes halogenated alkanes) is 1. The van der Waals surface area contributed by atoms with Crippen molar-refractivity contribution in [2.75, 3.05) is 31.1 Å². The van der Waals surface area contributed by atoms with Gasteiger partial charge in [-0.2, -0.15) is 4.98 Å². The van der Waals surface area contributed by atoms with E-state index in [1.807, 2.05) is 25.7 Å². The Kier molecular flexibility index (Phi) is 11.4. The summed E-state index contributed by atoms with van der Waals surface area (Å²) in [4.78, 5) is 50.5. The second-order valence-corrected chi connectivity index (χ2v) is 13.2. The molecule has 0 aliphatic carbocycles. The van der Waals surface area contributed by atoms with E-state index in [9.17, 15) is 19.7 Å². The summed E-state index contributed by atoms with van der Waals surface area (Å²) >= 11 is 12.3. The van der Waals surface area contributed by atoms with Gasteiger partial charge in [0.2, 0.25) is 5.28 Å². The van der Waals surface area contributed by atoms with Crippen molar-refractivity contribution in [3.63, 3.8) is 0 Å². The summed E-state index contributed by atoms with van der Waals surface area (Å²) in [7, 11) is 0.